The fraction of sp³-hybridized carbons (Fsp3) is 0.308. The normalized spacial score (nSPS) is 14.4. The van der Waals surface area contributed by atoms with Crippen LogP contribution in [0.4, 0.5) is 5.82 Å². The minimum absolute atomic E-state index is 0.663. The van der Waals surface area contributed by atoms with Crippen molar-refractivity contribution < 1.29 is 0 Å². The van der Waals surface area contributed by atoms with Crippen molar-refractivity contribution in [1.82, 2.24) is 15.0 Å². The van der Waals surface area contributed by atoms with Gasteiger partial charge in [-0.05, 0) is 19.1 Å². The highest BCUT2D eigenvalue weighted by atomic mass is 35.5. The Morgan fingerprint density at radius 2 is 2.11 bits per heavy atom. The Labute approximate surface area is 111 Å². The molecule has 0 spiro atoms. The van der Waals surface area contributed by atoms with Crippen LogP contribution >= 0.6 is 11.6 Å². The predicted octanol–water partition coefficient (Wildman–Crippen LogP) is 2.40. The third kappa shape index (κ3) is 2.04. The number of aryl methyl sites for hydroxylation is 1. The predicted molar refractivity (Wildman–Crippen MR) is 70.8 cm³/mol. The molecule has 0 aliphatic carbocycles. The molecular formula is C13H13ClN4. The van der Waals surface area contributed by atoms with Crippen molar-refractivity contribution >= 4 is 17.4 Å². The molecule has 0 saturated heterocycles. The van der Waals surface area contributed by atoms with Crippen molar-refractivity contribution in [2.24, 2.45) is 0 Å². The molecule has 1 aliphatic rings. The highest BCUT2D eigenvalue weighted by Gasteiger charge is 2.20. The molecule has 1 aliphatic heterocycles. The van der Waals surface area contributed by atoms with Crippen LogP contribution in [0.3, 0.4) is 0 Å². The number of nitrogens with zero attached hydrogens (tertiary/aromatic N) is 4. The number of fused-ring (bicyclic) bond motifs is 1. The number of halogens is 1. The van der Waals surface area contributed by atoms with Crippen LogP contribution < -0.4 is 4.90 Å². The molecule has 5 heteroatoms. The first-order valence-corrected chi connectivity index (χ1v) is 6.27. The molecule has 3 rings (SSSR count). The van der Waals surface area contributed by atoms with Crippen LogP contribution in [0.25, 0.3) is 0 Å². The SMILES string of the molecule is Cc1ncnc2c1CN(c1ccc(Cl)cn1)CC2. The molecule has 2 aromatic heterocycles. The van der Waals surface area contributed by atoms with E-state index >= 15 is 0 Å². The van der Waals surface area contributed by atoms with E-state index < -0.39 is 0 Å². The van der Waals surface area contributed by atoms with E-state index in [4.69, 9.17) is 11.6 Å². The maximum atomic E-state index is 5.86. The van der Waals surface area contributed by atoms with Crippen LogP contribution in [-0.2, 0) is 13.0 Å². The van der Waals surface area contributed by atoms with E-state index in [9.17, 15) is 0 Å². The smallest absolute Gasteiger partial charge is 0.128 e. The van der Waals surface area contributed by atoms with Crippen LogP contribution in [0.5, 0.6) is 0 Å². The van der Waals surface area contributed by atoms with E-state index in [0.717, 1.165) is 36.7 Å². The lowest BCUT2D eigenvalue weighted by Crippen LogP contribution is -2.32. The molecule has 2 aromatic rings. The molecule has 0 unspecified atom stereocenters. The Bertz CT molecular complexity index is 568. The fourth-order valence-electron chi connectivity index (χ4n) is 2.23. The van der Waals surface area contributed by atoms with Gasteiger partial charge in [0.25, 0.3) is 0 Å². The number of rotatable bonds is 1. The summed E-state index contributed by atoms with van der Waals surface area (Å²) in [5.41, 5.74) is 3.44. The van der Waals surface area contributed by atoms with Gasteiger partial charge in [0.05, 0.1) is 10.7 Å². The van der Waals surface area contributed by atoms with Gasteiger partial charge in [0.2, 0.25) is 0 Å². The van der Waals surface area contributed by atoms with Gasteiger partial charge < -0.3 is 4.90 Å². The lowest BCUT2D eigenvalue weighted by Gasteiger charge is -2.29. The molecule has 0 radical (unpaired) electrons. The van der Waals surface area contributed by atoms with Crippen molar-refractivity contribution in [1.29, 1.82) is 0 Å². The summed E-state index contributed by atoms with van der Waals surface area (Å²) in [6, 6.07) is 3.82. The molecule has 0 amide bonds. The summed E-state index contributed by atoms with van der Waals surface area (Å²) in [4.78, 5) is 15.2. The molecule has 0 fully saturated rings. The van der Waals surface area contributed by atoms with E-state index in [2.05, 4.69) is 19.9 Å². The fourth-order valence-corrected chi connectivity index (χ4v) is 2.34. The highest BCUT2D eigenvalue weighted by Crippen LogP contribution is 2.23. The third-order valence-electron chi connectivity index (χ3n) is 3.25. The van der Waals surface area contributed by atoms with Crippen molar-refractivity contribution in [3.63, 3.8) is 0 Å². The van der Waals surface area contributed by atoms with Gasteiger partial charge in [0.1, 0.15) is 12.1 Å². The topological polar surface area (TPSA) is 41.9 Å². The van der Waals surface area contributed by atoms with Crippen LogP contribution in [-0.4, -0.2) is 21.5 Å². The lowest BCUT2D eigenvalue weighted by molar-refractivity contribution is 0.689. The highest BCUT2D eigenvalue weighted by molar-refractivity contribution is 6.30. The van der Waals surface area contributed by atoms with Crippen LogP contribution in [0.1, 0.15) is 17.0 Å². The maximum absolute atomic E-state index is 5.86. The van der Waals surface area contributed by atoms with Gasteiger partial charge in [0.15, 0.2) is 0 Å². The first-order chi connectivity index (χ1) is 8.74. The lowest BCUT2D eigenvalue weighted by atomic mass is 10.0. The quantitative estimate of drug-likeness (QED) is 0.790. The van der Waals surface area contributed by atoms with Crippen LogP contribution in [0.2, 0.25) is 5.02 Å². The van der Waals surface area contributed by atoms with Crippen molar-refractivity contribution in [3.05, 3.63) is 46.6 Å². The summed E-state index contributed by atoms with van der Waals surface area (Å²) in [5, 5.41) is 0.663. The largest absolute Gasteiger partial charge is 0.352 e. The molecule has 0 N–H and O–H groups in total. The van der Waals surface area contributed by atoms with Crippen molar-refractivity contribution in [3.8, 4) is 0 Å². The van der Waals surface area contributed by atoms with Gasteiger partial charge >= 0.3 is 0 Å². The number of anilines is 1. The average Bonchev–Trinajstić information content (AvgIpc) is 2.40. The summed E-state index contributed by atoms with van der Waals surface area (Å²) in [7, 11) is 0. The van der Waals surface area contributed by atoms with E-state index in [1.54, 1.807) is 12.5 Å². The minimum atomic E-state index is 0.663. The Balaban J connectivity index is 1.90. The van der Waals surface area contributed by atoms with Gasteiger partial charge in [0, 0.05) is 37.0 Å². The maximum Gasteiger partial charge on any atom is 0.128 e. The summed E-state index contributed by atoms with van der Waals surface area (Å²) in [6.45, 7) is 3.77. The van der Waals surface area contributed by atoms with Crippen LogP contribution in [0, 0.1) is 6.92 Å². The zero-order valence-corrected chi connectivity index (χ0v) is 10.9. The van der Waals surface area contributed by atoms with Gasteiger partial charge in [-0.2, -0.15) is 0 Å². The van der Waals surface area contributed by atoms with E-state index in [1.165, 1.54) is 5.56 Å². The molecule has 0 aromatic carbocycles. The number of hydrogen-bond donors (Lipinski definition) is 0. The molecule has 92 valence electrons. The standard InChI is InChI=1S/C13H13ClN4/c1-9-11-7-18(5-4-12(11)17-8-16-9)13-3-2-10(14)6-15-13/h2-3,6,8H,4-5,7H2,1H3. The Morgan fingerprint density at radius 1 is 1.22 bits per heavy atom. The van der Waals surface area contributed by atoms with E-state index in [-0.39, 0.29) is 0 Å². The van der Waals surface area contributed by atoms with Crippen molar-refractivity contribution in [2.75, 3.05) is 11.4 Å². The zero-order valence-electron chi connectivity index (χ0n) is 10.1. The minimum Gasteiger partial charge on any atom is -0.352 e. The second kappa shape index (κ2) is 4.53. The van der Waals surface area contributed by atoms with Gasteiger partial charge in [-0.1, -0.05) is 11.6 Å². The molecule has 0 bridgehead atoms. The molecule has 18 heavy (non-hydrogen) atoms. The molecule has 0 atom stereocenters. The Kier molecular flexibility index (Phi) is 2.88. The van der Waals surface area contributed by atoms with Crippen molar-refractivity contribution in [2.45, 2.75) is 19.9 Å². The number of aromatic nitrogens is 3. The zero-order chi connectivity index (χ0) is 12.5. The summed E-state index contributed by atoms with van der Waals surface area (Å²) < 4.78 is 0. The monoisotopic (exact) mass is 260 g/mol. The summed E-state index contributed by atoms with van der Waals surface area (Å²) in [6.07, 6.45) is 4.26. The molecule has 4 nitrogen and oxygen atoms in total. The van der Waals surface area contributed by atoms with Gasteiger partial charge in [-0.25, -0.2) is 15.0 Å². The second-order valence-electron chi connectivity index (χ2n) is 4.39. The molecule has 0 saturated carbocycles. The first kappa shape index (κ1) is 11.4. The average molecular weight is 261 g/mol. The number of pyridine rings is 1. The summed E-state index contributed by atoms with van der Waals surface area (Å²) >= 11 is 5.86. The Hall–Kier alpha value is -1.68. The van der Waals surface area contributed by atoms with Gasteiger partial charge in [-0.15, -0.1) is 0 Å². The van der Waals surface area contributed by atoms with E-state index in [1.807, 2.05) is 19.1 Å². The molecule has 3 heterocycles. The van der Waals surface area contributed by atoms with E-state index in [0.29, 0.717) is 5.02 Å². The second-order valence-corrected chi connectivity index (χ2v) is 4.83. The Morgan fingerprint density at radius 3 is 2.89 bits per heavy atom. The van der Waals surface area contributed by atoms with Gasteiger partial charge in [-0.3, -0.25) is 0 Å². The first-order valence-electron chi connectivity index (χ1n) is 5.90. The molecular weight excluding hydrogens is 248 g/mol. The van der Waals surface area contributed by atoms with Crippen LogP contribution in [0.15, 0.2) is 24.7 Å². The summed E-state index contributed by atoms with van der Waals surface area (Å²) in [5.74, 6) is 0.952. The third-order valence-corrected chi connectivity index (χ3v) is 3.48. The number of hydrogen-bond acceptors (Lipinski definition) is 4.